The first-order valence-corrected chi connectivity index (χ1v) is 18.8. The first-order valence-electron chi connectivity index (χ1n) is 14.4. The fourth-order valence-corrected chi connectivity index (χ4v) is 14.1. The number of halogens is 2. The maximum absolute atomic E-state index is 12.1. The Balaban J connectivity index is 1.08. The standard InChI is InChI=1S/C31H41ClIN3O3/c1-20-12-25(32)9-10-26(20)21(2)39-28-13-29(34-14-27(28)22-7-8-22)35-15-24(16-35)23-6-5-11-36(17-23)33-18-31(3,19-33)30(37)38-4/h9-10,12-14,21-24H,5-8,11,15-19H2,1-4H3/t21-,23+/m1/s1. The molecule has 0 amide bonds. The molecule has 2 atom stereocenters. The summed E-state index contributed by atoms with van der Waals surface area (Å²) in [5.74, 6) is 4.08. The van der Waals surface area contributed by atoms with E-state index in [2.05, 4.69) is 47.1 Å². The van der Waals surface area contributed by atoms with Crippen LogP contribution in [0.5, 0.6) is 5.75 Å². The summed E-state index contributed by atoms with van der Waals surface area (Å²) in [6, 6.07) is 8.22. The second-order valence-electron chi connectivity index (χ2n) is 12.3. The molecule has 6 rings (SSSR count). The Labute approximate surface area is 245 Å². The summed E-state index contributed by atoms with van der Waals surface area (Å²) in [6.45, 7) is 10.9. The van der Waals surface area contributed by atoms with Crippen molar-refractivity contribution < 1.29 is 14.3 Å². The predicted molar refractivity (Wildman–Crippen MR) is 165 cm³/mol. The number of esters is 1. The number of aromatic nitrogens is 1. The van der Waals surface area contributed by atoms with E-state index in [9.17, 15) is 4.79 Å². The summed E-state index contributed by atoms with van der Waals surface area (Å²) >= 11 is 5.00. The van der Waals surface area contributed by atoms with E-state index >= 15 is 0 Å². The van der Waals surface area contributed by atoms with Gasteiger partial charge in [-0.2, -0.15) is 0 Å². The van der Waals surface area contributed by atoms with E-state index in [-0.39, 0.29) is 17.5 Å². The van der Waals surface area contributed by atoms with E-state index in [0.717, 1.165) is 55.9 Å². The second-order valence-corrected chi connectivity index (χ2v) is 18.1. The monoisotopic (exact) mass is 665 g/mol. The van der Waals surface area contributed by atoms with Crippen molar-refractivity contribution in [2.75, 3.05) is 47.0 Å². The van der Waals surface area contributed by atoms with E-state index in [1.165, 1.54) is 57.0 Å². The molecule has 0 unspecified atom stereocenters. The van der Waals surface area contributed by atoms with Gasteiger partial charge in [0.1, 0.15) is 0 Å². The quantitative estimate of drug-likeness (QED) is 0.134. The molecule has 1 aromatic heterocycles. The molecule has 0 spiro atoms. The number of piperidine rings is 1. The van der Waals surface area contributed by atoms with E-state index in [1.54, 1.807) is 0 Å². The van der Waals surface area contributed by atoms with Crippen molar-refractivity contribution >= 4 is 43.5 Å². The predicted octanol–water partition coefficient (Wildman–Crippen LogP) is 6.82. The van der Waals surface area contributed by atoms with Gasteiger partial charge in [-0.25, -0.2) is 0 Å². The summed E-state index contributed by atoms with van der Waals surface area (Å²) < 4.78 is 16.6. The molecule has 0 bridgehead atoms. The van der Waals surface area contributed by atoms with Gasteiger partial charge in [-0.05, 0) is 24.6 Å². The fourth-order valence-electron chi connectivity index (χ4n) is 6.49. The summed E-state index contributed by atoms with van der Waals surface area (Å²) in [7, 11) is 1.52. The Morgan fingerprint density at radius 3 is 2.62 bits per heavy atom. The number of aryl methyl sites for hydroxylation is 1. The van der Waals surface area contributed by atoms with Crippen LogP contribution >= 0.6 is 31.7 Å². The van der Waals surface area contributed by atoms with Crippen LogP contribution in [0.1, 0.15) is 68.2 Å². The van der Waals surface area contributed by atoms with Gasteiger partial charge < -0.3 is 0 Å². The Kier molecular flexibility index (Phi) is 7.79. The number of nitrogens with zero attached hydrogens (tertiary/aromatic N) is 3. The summed E-state index contributed by atoms with van der Waals surface area (Å²) in [5.41, 5.74) is 3.36. The van der Waals surface area contributed by atoms with Crippen molar-refractivity contribution in [3.05, 3.63) is 52.2 Å². The van der Waals surface area contributed by atoms with Gasteiger partial charge in [0.15, 0.2) is 0 Å². The third-order valence-corrected chi connectivity index (χ3v) is 17.3. The first-order chi connectivity index (χ1) is 18.7. The number of pyridine rings is 1. The third-order valence-electron chi connectivity index (χ3n) is 9.09. The number of carbonyl (C=O) groups is 1. The van der Waals surface area contributed by atoms with Crippen molar-refractivity contribution in [2.24, 2.45) is 17.3 Å². The molecule has 4 aliphatic rings. The van der Waals surface area contributed by atoms with Crippen molar-refractivity contribution in [2.45, 2.75) is 58.5 Å². The van der Waals surface area contributed by atoms with E-state index in [4.69, 9.17) is 26.1 Å². The minimum absolute atomic E-state index is 0.0134. The molecule has 3 aliphatic heterocycles. The molecule has 1 aliphatic carbocycles. The molecular weight excluding hydrogens is 625 g/mol. The van der Waals surface area contributed by atoms with Gasteiger partial charge in [0.2, 0.25) is 0 Å². The number of rotatable bonds is 8. The van der Waals surface area contributed by atoms with Gasteiger partial charge in [-0.15, -0.1) is 0 Å². The first kappa shape index (κ1) is 27.6. The fraction of sp³-hybridized carbons (Fsp3) is 0.613. The topological polar surface area (TPSA) is 54.9 Å². The van der Waals surface area contributed by atoms with Crippen LogP contribution in [0, 0.1) is 24.2 Å². The molecule has 1 aromatic carbocycles. The molecule has 39 heavy (non-hydrogen) atoms. The molecule has 0 radical (unpaired) electrons. The van der Waals surface area contributed by atoms with Crippen molar-refractivity contribution in [3.63, 3.8) is 0 Å². The molecule has 0 N–H and O–H groups in total. The van der Waals surface area contributed by atoms with Gasteiger partial charge in [0.25, 0.3) is 0 Å². The number of hydrogen-bond donors (Lipinski definition) is 0. The van der Waals surface area contributed by atoms with Gasteiger partial charge in [0.05, 0.1) is 0 Å². The zero-order chi connectivity index (χ0) is 27.3. The van der Waals surface area contributed by atoms with Crippen LogP contribution in [0.3, 0.4) is 0 Å². The summed E-state index contributed by atoms with van der Waals surface area (Å²) in [6.07, 6.45) is 7.08. The Hall–Kier alpha value is -1.58. The van der Waals surface area contributed by atoms with Crippen molar-refractivity contribution in [1.82, 2.24) is 8.10 Å². The number of alkyl halides is 2. The van der Waals surface area contributed by atoms with Gasteiger partial charge >= 0.3 is 199 Å². The number of benzene rings is 1. The molecule has 4 fully saturated rings. The van der Waals surface area contributed by atoms with Gasteiger partial charge in [-0.3, -0.25) is 0 Å². The number of carbonyl (C=O) groups excluding carboxylic acids is 1. The maximum atomic E-state index is 12.1. The average Bonchev–Trinajstić information content (AvgIpc) is 3.71. The zero-order valence-corrected chi connectivity index (χ0v) is 26.5. The SMILES string of the molecule is COC(=O)C1(C)CI(N2CCC[C@H](C3CN(c4cc(O[C@H](C)c5ccc(Cl)cc5C)c(C5CC5)cn4)C3)C2)C1. The van der Waals surface area contributed by atoms with Crippen LogP contribution in [0.15, 0.2) is 30.5 Å². The minimum atomic E-state index is -1.19. The number of ether oxygens (including phenoxy) is 2. The van der Waals surface area contributed by atoms with Gasteiger partial charge in [0, 0.05) is 5.02 Å². The molecule has 8 heteroatoms. The Bertz CT molecular complexity index is 1230. The number of anilines is 1. The van der Waals surface area contributed by atoms with Crippen molar-refractivity contribution in [1.29, 1.82) is 0 Å². The molecule has 3 saturated heterocycles. The van der Waals surface area contributed by atoms with Gasteiger partial charge in [-0.1, -0.05) is 17.7 Å². The van der Waals surface area contributed by atoms with E-state index in [1.807, 2.05) is 12.1 Å². The summed E-state index contributed by atoms with van der Waals surface area (Å²) in [5, 5.41) is 0.761. The molecule has 212 valence electrons. The van der Waals surface area contributed by atoms with Crippen LogP contribution in [0.2, 0.25) is 5.02 Å². The van der Waals surface area contributed by atoms with Crippen LogP contribution in [0.25, 0.3) is 0 Å². The Morgan fingerprint density at radius 2 is 1.92 bits per heavy atom. The van der Waals surface area contributed by atoms with E-state index < -0.39 is 20.1 Å². The molecule has 4 heterocycles. The van der Waals surface area contributed by atoms with E-state index in [0.29, 0.717) is 5.92 Å². The number of hydrogen-bond acceptors (Lipinski definition) is 6. The Morgan fingerprint density at radius 1 is 1.15 bits per heavy atom. The van der Waals surface area contributed by atoms with Crippen LogP contribution in [0.4, 0.5) is 5.82 Å². The average molecular weight is 666 g/mol. The normalized spacial score (nSPS) is 25.0. The molecule has 6 nitrogen and oxygen atoms in total. The summed E-state index contributed by atoms with van der Waals surface area (Å²) in [4.78, 5) is 19.5. The van der Waals surface area contributed by atoms with Crippen LogP contribution in [-0.4, -0.2) is 56.2 Å². The van der Waals surface area contributed by atoms with Crippen LogP contribution < -0.4 is 9.64 Å². The second kappa shape index (κ2) is 11.0. The molecule has 2 aromatic rings. The van der Waals surface area contributed by atoms with Crippen molar-refractivity contribution in [3.8, 4) is 5.75 Å². The zero-order valence-electron chi connectivity index (χ0n) is 23.6. The van der Waals surface area contributed by atoms with Crippen LogP contribution in [-0.2, 0) is 9.53 Å². The molecule has 1 saturated carbocycles. The third kappa shape index (κ3) is 5.65. The molecular formula is C31H41ClIN3O3. The number of methoxy groups -OCH3 is 1.